The van der Waals surface area contributed by atoms with E-state index < -0.39 is 17.3 Å². The van der Waals surface area contributed by atoms with E-state index in [1.807, 2.05) is 6.92 Å². The second kappa shape index (κ2) is 6.75. The maximum absolute atomic E-state index is 13.0. The Morgan fingerprint density at radius 3 is 2.52 bits per heavy atom. The summed E-state index contributed by atoms with van der Waals surface area (Å²) in [7, 11) is 0. The molecule has 120 valence electrons. The van der Waals surface area contributed by atoms with Crippen LogP contribution in [0.1, 0.15) is 39.0 Å². The van der Waals surface area contributed by atoms with Gasteiger partial charge in [0.05, 0.1) is 24.7 Å². The molecule has 2 unspecified atom stereocenters. The van der Waals surface area contributed by atoms with Gasteiger partial charge in [0.15, 0.2) is 0 Å². The van der Waals surface area contributed by atoms with Crippen LogP contribution in [-0.4, -0.2) is 54.2 Å². The summed E-state index contributed by atoms with van der Waals surface area (Å²) in [6.07, 6.45) is 4.47. The maximum atomic E-state index is 13.0. The number of hydrogen-bond acceptors (Lipinski definition) is 4. The van der Waals surface area contributed by atoms with E-state index in [1.165, 1.54) is 0 Å². The van der Waals surface area contributed by atoms with Crippen molar-refractivity contribution in [1.29, 1.82) is 0 Å². The number of carboxylic acids is 1. The number of carbonyl (C=O) groups is 2. The number of hydrogen-bond donors (Lipinski definition) is 2. The van der Waals surface area contributed by atoms with Gasteiger partial charge in [0, 0.05) is 13.1 Å². The number of amides is 1. The molecule has 2 atom stereocenters. The molecular formula is C15H26N2O4. The molecule has 1 saturated carbocycles. The lowest BCUT2D eigenvalue weighted by Gasteiger charge is -2.37. The first-order valence-electron chi connectivity index (χ1n) is 7.87. The van der Waals surface area contributed by atoms with Crippen LogP contribution in [0.5, 0.6) is 0 Å². The second-order valence-corrected chi connectivity index (χ2v) is 6.24. The summed E-state index contributed by atoms with van der Waals surface area (Å²) in [5.74, 6) is -1.48. The minimum Gasteiger partial charge on any atom is -0.481 e. The van der Waals surface area contributed by atoms with Crippen molar-refractivity contribution in [1.82, 2.24) is 4.90 Å². The second-order valence-electron chi connectivity index (χ2n) is 6.24. The van der Waals surface area contributed by atoms with E-state index in [-0.39, 0.29) is 18.6 Å². The topological polar surface area (TPSA) is 92.9 Å². The normalized spacial score (nSPS) is 27.7. The molecule has 0 bridgehead atoms. The fourth-order valence-corrected chi connectivity index (χ4v) is 3.61. The fourth-order valence-electron chi connectivity index (χ4n) is 3.61. The number of carbonyl (C=O) groups excluding carboxylic acids is 1. The lowest BCUT2D eigenvalue weighted by Crippen LogP contribution is -2.54. The van der Waals surface area contributed by atoms with Crippen LogP contribution in [-0.2, 0) is 14.3 Å². The van der Waals surface area contributed by atoms with Crippen LogP contribution in [0.3, 0.4) is 0 Å². The standard InChI is InChI=1S/C15H26N2O4/c1-2-7-17(12-9-21-8-11(12)13(18)19)14(20)15(10-16)5-3-4-6-15/h11-12H,2-10,16H2,1H3,(H,18,19). The molecule has 0 aromatic carbocycles. The zero-order valence-corrected chi connectivity index (χ0v) is 12.7. The first-order valence-corrected chi connectivity index (χ1v) is 7.87. The van der Waals surface area contributed by atoms with Crippen LogP contribution in [0.25, 0.3) is 0 Å². The average molecular weight is 298 g/mol. The van der Waals surface area contributed by atoms with Crippen molar-refractivity contribution in [2.24, 2.45) is 17.1 Å². The average Bonchev–Trinajstić information content (AvgIpc) is 3.13. The Balaban J connectivity index is 2.21. The van der Waals surface area contributed by atoms with E-state index in [9.17, 15) is 14.7 Å². The Morgan fingerprint density at radius 2 is 2.00 bits per heavy atom. The fraction of sp³-hybridized carbons (Fsp3) is 0.867. The first kappa shape index (κ1) is 16.2. The molecule has 1 aliphatic carbocycles. The van der Waals surface area contributed by atoms with Crippen LogP contribution < -0.4 is 5.73 Å². The summed E-state index contributed by atoms with van der Waals surface area (Å²) in [6.45, 7) is 3.40. The number of nitrogens with zero attached hydrogens (tertiary/aromatic N) is 1. The third-order valence-corrected chi connectivity index (χ3v) is 4.90. The van der Waals surface area contributed by atoms with Crippen LogP contribution in [0.15, 0.2) is 0 Å². The highest BCUT2D eigenvalue weighted by molar-refractivity contribution is 5.84. The van der Waals surface area contributed by atoms with E-state index in [0.29, 0.717) is 19.7 Å². The van der Waals surface area contributed by atoms with Gasteiger partial charge in [-0.15, -0.1) is 0 Å². The van der Waals surface area contributed by atoms with Gasteiger partial charge >= 0.3 is 5.97 Å². The molecule has 0 radical (unpaired) electrons. The third-order valence-electron chi connectivity index (χ3n) is 4.90. The summed E-state index contributed by atoms with van der Waals surface area (Å²) in [5, 5.41) is 9.33. The van der Waals surface area contributed by atoms with Gasteiger partial charge in [0.1, 0.15) is 5.92 Å². The highest BCUT2D eigenvalue weighted by atomic mass is 16.5. The first-order chi connectivity index (χ1) is 10.1. The van der Waals surface area contributed by atoms with Gasteiger partial charge in [0.2, 0.25) is 5.91 Å². The van der Waals surface area contributed by atoms with Crippen molar-refractivity contribution in [2.45, 2.75) is 45.1 Å². The predicted molar refractivity (Wildman–Crippen MR) is 77.7 cm³/mol. The van der Waals surface area contributed by atoms with Crippen molar-refractivity contribution in [3.63, 3.8) is 0 Å². The molecule has 2 rings (SSSR count). The summed E-state index contributed by atoms with van der Waals surface area (Å²) in [4.78, 5) is 26.2. The van der Waals surface area contributed by atoms with E-state index in [2.05, 4.69) is 0 Å². The van der Waals surface area contributed by atoms with Crippen molar-refractivity contribution in [3.05, 3.63) is 0 Å². The Kier molecular flexibility index (Phi) is 5.22. The van der Waals surface area contributed by atoms with E-state index in [1.54, 1.807) is 4.90 Å². The predicted octanol–water partition coefficient (Wildman–Crippen LogP) is 0.844. The minimum atomic E-state index is -0.889. The molecule has 2 aliphatic rings. The number of rotatable bonds is 6. The minimum absolute atomic E-state index is 0.0334. The third kappa shape index (κ3) is 3.06. The number of aliphatic carboxylic acids is 1. The van der Waals surface area contributed by atoms with Gasteiger partial charge in [-0.2, -0.15) is 0 Å². The van der Waals surface area contributed by atoms with Gasteiger partial charge in [-0.3, -0.25) is 9.59 Å². The van der Waals surface area contributed by atoms with E-state index in [4.69, 9.17) is 10.5 Å². The molecule has 0 aromatic rings. The van der Waals surface area contributed by atoms with Gasteiger partial charge in [-0.25, -0.2) is 0 Å². The quantitative estimate of drug-likeness (QED) is 0.758. The molecular weight excluding hydrogens is 272 g/mol. The van der Waals surface area contributed by atoms with Crippen molar-refractivity contribution >= 4 is 11.9 Å². The van der Waals surface area contributed by atoms with Gasteiger partial charge in [-0.1, -0.05) is 19.8 Å². The largest absolute Gasteiger partial charge is 0.481 e. The van der Waals surface area contributed by atoms with Gasteiger partial charge in [-0.05, 0) is 19.3 Å². The smallest absolute Gasteiger partial charge is 0.311 e. The Morgan fingerprint density at radius 1 is 1.33 bits per heavy atom. The van der Waals surface area contributed by atoms with Crippen LogP contribution in [0.2, 0.25) is 0 Å². The van der Waals surface area contributed by atoms with Crippen molar-refractivity contribution in [3.8, 4) is 0 Å². The molecule has 6 heteroatoms. The van der Waals surface area contributed by atoms with E-state index >= 15 is 0 Å². The Bertz CT molecular complexity index is 393. The van der Waals surface area contributed by atoms with Gasteiger partial charge < -0.3 is 20.5 Å². The molecule has 0 aromatic heterocycles. The molecule has 6 nitrogen and oxygen atoms in total. The Hall–Kier alpha value is -1.14. The lowest BCUT2D eigenvalue weighted by molar-refractivity contribution is -0.149. The lowest BCUT2D eigenvalue weighted by atomic mass is 9.83. The summed E-state index contributed by atoms with van der Waals surface area (Å²) in [6, 6.07) is -0.362. The van der Waals surface area contributed by atoms with Crippen molar-refractivity contribution in [2.75, 3.05) is 26.3 Å². The number of carboxylic acid groups (broad SMARTS) is 1. The highest BCUT2D eigenvalue weighted by Gasteiger charge is 2.47. The Labute approximate surface area is 125 Å². The molecule has 2 fully saturated rings. The number of ether oxygens (including phenoxy) is 1. The summed E-state index contributed by atoms with van der Waals surface area (Å²) >= 11 is 0. The van der Waals surface area contributed by atoms with Crippen molar-refractivity contribution < 1.29 is 19.4 Å². The molecule has 1 saturated heterocycles. The SMILES string of the molecule is CCCN(C(=O)C1(CN)CCCC1)C1COCC1C(=O)O. The zero-order chi connectivity index (χ0) is 15.5. The molecule has 1 amide bonds. The van der Waals surface area contributed by atoms with Crippen LogP contribution in [0.4, 0.5) is 0 Å². The van der Waals surface area contributed by atoms with E-state index in [0.717, 1.165) is 32.1 Å². The van der Waals surface area contributed by atoms with Gasteiger partial charge in [0.25, 0.3) is 0 Å². The molecule has 21 heavy (non-hydrogen) atoms. The zero-order valence-electron chi connectivity index (χ0n) is 12.7. The monoisotopic (exact) mass is 298 g/mol. The number of nitrogens with two attached hydrogens (primary N) is 1. The van der Waals surface area contributed by atoms with Crippen LogP contribution >= 0.6 is 0 Å². The summed E-state index contributed by atoms with van der Waals surface area (Å²) in [5.41, 5.74) is 5.42. The summed E-state index contributed by atoms with van der Waals surface area (Å²) < 4.78 is 5.33. The molecule has 3 N–H and O–H groups in total. The highest BCUT2D eigenvalue weighted by Crippen LogP contribution is 2.40. The molecule has 1 heterocycles. The van der Waals surface area contributed by atoms with Crippen LogP contribution in [0, 0.1) is 11.3 Å². The molecule has 0 spiro atoms. The maximum Gasteiger partial charge on any atom is 0.311 e. The molecule has 1 aliphatic heterocycles.